The van der Waals surface area contributed by atoms with Crippen LogP contribution in [0, 0.1) is 11.3 Å². The van der Waals surface area contributed by atoms with Crippen LogP contribution in [0.1, 0.15) is 28.8 Å². The number of aromatic nitrogens is 5. The second kappa shape index (κ2) is 10.2. The molecule has 41 heavy (non-hydrogen) atoms. The molecule has 3 N–H and O–H groups in total. The summed E-state index contributed by atoms with van der Waals surface area (Å²) in [5.74, 6) is 1.48. The number of anilines is 1. The summed E-state index contributed by atoms with van der Waals surface area (Å²) in [5.41, 5.74) is 5.61. The number of para-hydroxylation sites is 1. The summed E-state index contributed by atoms with van der Waals surface area (Å²) in [7, 11) is 0. The van der Waals surface area contributed by atoms with Crippen molar-refractivity contribution in [2.75, 3.05) is 18.4 Å². The van der Waals surface area contributed by atoms with Crippen molar-refractivity contribution in [2.24, 2.45) is 0 Å². The Balaban J connectivity index is 1.14. The summed E-state index contributed by atoms with van der Waals surface area (Å²) in [6.07, 6.45) is 10.6. The van der Waals surface area contributed by atoms with E-state index in [1.54, 1.807) is 24.8 Å². The van der Waals surface area contributed by atoms with E-state index in [-0.39, 0.29) is 11.9 Å². The summed E-state index contributed by atoms with van der Waals surface area (Å²) >= 11 is 0. The maximum absolute atomic E-state index is 13.3. The van der Waals surface area contributed by atoms with E-state index in [0.29, 0.717) is 35.6 Å². The Morgan fingerprint density at radius 3 is 2.73 bits per heavy atom. The molecule has 6 aromatic rings. The molecule has 1 fully saturated rings. The lowest BCUT2D eigenvalue weighted by atomic mass is 9.97. The first-order chi connectivity index (χ1) is 20.2. The third-order valence-corrected chi connectivity index (χ3v) is 7.70. The third kappa shape index (κ3) is 4.55. The van der Waals surface area contributed by atoms with E-state index < -0.39 is 0 Å². The maximum Gasteiger partial charge on any atom is 0.253 e. The molecule has 0 spiro atoms. The molecule has 2 aromatic carbocycles. The van der Waals surface area contributed by atoms with Crippen molar-refractivity contribution < 1.29 is 4.79 Å². The molecule has 0 radical (unpaired) electrons. The van der Waals surface area contributed by atoms with E-state index in [1.165, 1.54) is 0 Å². The van der Waals surface area contributed by atoms with Crippen LogP contribution in [0.3, 0.4) is 0 Å². The van der Waals surface area contributed by atoms with Crippen molar-refractivity contribution in [1.82, 2.24) is 29.8 Å². The number of H-pyrrole nitrogens is 2. The van der Waals surface area contributed by atoms with Gasteiger partial charge in [0.2, 0.25) is 0 Å². The van der Waals surface area contributed by atoms with E-state index in [2.05, 4.69) is 36.3 Å². The van der Waals surface area contributed by atoms with E-state index in [1.807, 2.05) is 65.7 Å². The zero-order valence-corrected chi connectivity index (χ0v) is 22.1. The Morgan fingerprint density at radius 2 is 1.90 bits per heavy atom. The Kier molecular flexibility index (Phi) is 6.13. The summed E-state index contributed by atoms with van der Waals surface area (Å²) in [6, 6.07) is 19.9. The molecule has 0 saturated carbocycles. The number of carbonyl (C=O) groups is 1. The summed E-state index contributed by atoms with van der Waals surface area (Å²) in [5, 5.41) is 15.4. The van der Waals surface area contributed by atoms with Gasteiger partial charge in [0.05, 0.1) is 17.3 Å². The maximum atomic E-state index is 13.3. The zero-order chi connectivity index (χ0) is 27.8. The van der Waals surface area contributed by atoms with Crippen LogP contribution in [-0.2, 0) is 0 Å². The van der Waals surface area contributed by atoms with Crippen LogP contribution >= 0.6 is 0 Å². The van der Waals surface area contributed by atoms with Crippen molar-refractivity contribution >= 4 is 33.5 Å². The highest BCUT2D eigenvalue weighted by Crippen LogP contribution is 2.36. The van der Waals surface area contributed by atoms with E-state index in [0.717, 1.165) is 51.6 Å². The molecule has 0 aliphatic carbocycles. The number of fused-ring (bicyclic) bond motifs is 2. The van der Waals surface area contributed by atoms with Crippen LogP contribution in [0.15, 0.2) is 85.6 Å². The van der Waals surface area contributed by atoms with Crippen LogP contribution in [0.2, 0.25) is 0 Å². The number of hydrogen-bond acceptors (Lipinski definition) is 6. The number of hydrogen-bond donors (Lipinski definition) is 3. The molecule has 1 saturated heterocycles. The SMILES string of the molecule is N#Cc1cnc2cnc(N[C@H]3CCCN(C(=O)c4ccc(-c5ncc[nH]5)cc4)C3)cc2c1-c1c[nH]c2ccccc12. The van der Waals surface area contributed by atoms with Crippen molar-refractivity contribution in [3.05, 3.63) is 96.7 Å². The van der Waals surface area contributed by atoms with Gasteiger partial charge in [0.15, 0.2) is 0 Å². The number of nitrogens with one attached hydrogen (secondary N) is 3. The minimum atomic E-state index is 0.0125. The standard InChI is InChI=1S/C32H26N8O/c33-15-22-16-36-28-18-38-29(14-25(28)30(22)26-17-37-27-6-2-1-5-24(26)27)39-23-4-3-13-40(19-23)32(41)21-9-7-20(8-10-21)31-34-11-12-35-31/h1-2,5-12,14,16-18,23,37H,3-4,13,19H2,(H,34,35)(H,38,39)/t23-/m0/s1. The summed E-state index contributed by atoms with van der Waals surface area (Å²) in [4.78, 5) is 35.1. The largest absolute Gasteiger partial charge is 0.366 e. The Bertz CT molecular complexity index is 1920. The van der Waals surface area contributed by atoms with Gasteiger partial charge in [-0.2, -0.15) is 5.26 Å². The Labute approximate surface area is 235 Å². The number of rotatable bonds is 5. The molecule has 1 atom stereocenters. The molecular weight excluding hydrogens is 512 g/mol. The van der Waals surface area contributed by atoms with Crippen molar-refractivity contribution in [3.63, 3.8) is 0 Å². The molecule has 9 nitrogen and oxygen atoms in total. The van der Waals surface area contributed by atoms with Gasteiger partial charge < -0.3 is 20.2 Å². The fraction of sp³-hybridized carbons (Fsp3) is 0.156. The molecule has 9 heteroatoms. The minimum Gasteiger partial charge on any atom is -0.366 e. The van der Waals surface area contributed by atoms with E-state index >= 15 is 0 Å². The minimum absolute atomic E-state index is 0.0125. The Morgan fingerprint density at radius 1 is 1.02 bits per heavy atom. The first-order valence-corrected chi connectivity index (χ1v) is 13.6. The molecule has 1 aliphatic rings. The normalized spacial score (nSPS) is 15.2. The number of benzene rings is 2. The predicted octanol–water partition coefficient (Wildman–Crippen LogP) is 5.76. The zero-order valence-electron chi connectivity index (χ0n) is 22.1. The number of carbonyl (C=O) groups excluding carboxylic acids is 1. The van der Waals surface area contributed by atoms with Crippen LogP contribution in [0.25, 0.3) is 44.3 Å². The highest BCUT2D eigenvalue weighted by molar-refractivity contribution is 6.06. The van der Waals surface area contributed by atoms with Gasteiger partial charge in [-0.25, -0.2) is 9.97 Å². The highest BCUT2D eigenvalue weighted by Gasteiger charge is 2.25. The lowest BCUT2D eigenvalue weighted by Crippen LogP contribution is -2.45. The van der Waals surface area contributed by atoms with Gasteiger partial charge in [-0.15, -0.1) is 0 Å². The van der Waals surface area contributed by atoms with E-state index in [9.17, 15) is 10.1 Å². The van der Waals surface area contributed by atoms with Crippen LogP contribution < -0.4 is 5.32 Å². The van der Waals surface area contributed by atoms with Crippen molar-refractivity contribution in [2.45, 2.75) is 18.9 Å². The molecule has 5 heterocycles. The molecule has 200 valence electrons. The fourth-order valence-electron chi connectivity index (χ4n) is 5.69. The molecule has 7 rings (SSSR count). The van der Waals surface area contributed by atoms with Crippen LogP contribution in [-0.4, -0.2) is 54.9 Å². The van der Waals surface area contributed by atoms with Gasteiger partial charge in [0.1, 0.15) is 17.7 Å². The first-order valence-electron chi connectivity index (χ1n) is 13.6. The Hall–Kier alpha value is -5.49. The summed E-state index contributed by atoms with van der Waals surface area (Å²) < 4.78 is 0. The number of aromatic amines is 2. The predicted molar refractivity (Wildman–Crippen MR) is 158 cm³/mol. The second-order valence-corrected chi connectivity index (χ2v) is 10.2. The molecule has 1 aliphatic heterocycles. The lowest BCUT2D eigenvalue weighted by Gasteiger charge is -2.33. The van der Waals surface area contributed by atoms with Gasteiger partial charge in [-0.1, -0.05) is 30.3 Å². The number of nitrogens with zero attached hydrogens (tertiary/aromatic N) is 5. The number of imidazole rings is 1. The molecule has 1 amide bonds. The number of nitriles is 1. The van der Waals surface area contributed by atoms with Gasteiger partial charge in [0.25, 0.3) is 5.91 Å². The number of likely N-dealkylation sites (tertiary alicyclic amines) is 1. The van der Waals surface area contributed by atoms with Crippen molar-refractivity contribution in [3.8, 4) is 28.6 Å². The average Bonchev–Trinajstić information content (AvgIpc) is 3.71. The molecule has 0 unspecified atom stereocenters. The topological polar surface area (TPSA) is 126 Å². The number of amides is 1. The average molecular weight is 539 g/mol. The van der Waals surface area contributed by atoms with Gasteiger partial charge in [0, 0.05) is 82.5 Å². The first kappa shape index (κ1) is 24.5. The summed E-state index contributed by atoms with van der Waals surface area (Å²) in [6.45, 7) is 1.28. The van der Waals surface area contributed by atoms with Crippen molar-refractivity contribution in [1.29, 1.82) is 5.26 Å². The van der Waals surface area contributed by atoms with Gasteiger partial charge >= 0.3 is 0 Å². The van der Waals surface area contributed by atoms with Crippen LogP contribution in [0.4, 0.5) is 5.82 Å². The van der Waals surface area contributed by atoms with Gasteiger partial charge in [-0.3, -0.25) is 9.78 Å². The van der Waals surface area contributed by atoms with E-state index in [4.69, 9.17) is 0 Å². The smallest absolute Gasteiger partial charge is 0.253 e. The third-order valence-electron chi connectivity index (χ3n) is 7.70. The number of pyridine rings is 2. The molecule has 4 aromatic heterocycles. The quantitative estimate of drug-likeness (QED) is 0.256. The fourth-order valence-corrected chi connectivity index (χ4v) is 5.69. The second-order valence-electron chi connectivity index (χ2n) is 10.2. The monoisotopic (exact) mass is 538 g/mol. The molecule has 0 bridgehead atoms. The molecular formula is C32H26N8O. The lowest BCUT2D eigenvalue weighted by molar-refractivity contribution is 0.0714. The van der Waals surface area contributed by atoms with Gasteiger partial charge in [-0.05, 0) is 37.1 Å². The highest BCUT2D eigenvalue weighted by atomic mass is 16.2. The number of piperidine rings is 1. The van der Waals surface area contributed by atoms with Crippen LogP contribution in [0.5, 0.6) is 0 Å².